The number of hydrogen-bond donors (Lipinski definition) is 2. The standard InChI is InChI=1S/C20H16BClN2O2S/c1-13-20(27-19-7-3-2-6-17(19)21(25)26)16-9-8-14(22)11-18(16)24(13)15-5-4-10-23-12-15/h2-12,25-26H,1H3. The van der Waals surface area contributed by atoms with Crippen LogP contribution in [-0.2, 0) is 0 Å². The molecule has 4 rings (SSSR count). The molecule has 2 aromatic heterocycles. The van der Waals surface area contributed by atoms with Gasteiger partial charge in [0.15, 0.2) is 0 Å². The van der Waals surface area contributed by atoms with Crippen LogP contribution in [0.2, 0.25) is 5.02 Å². The first-order valence-electron chi connectivity index (χ1n) is 8.40. The lowest BCUT2D eigenvalue weighted by Crippen LogP contribution is -2.31. The van der Waals surface area contributed by atoms with Crippen molar-refractivity contribution in [1.29, 1.82) is 0 Å². The molecule has 2 aromatic carbocycles. The lowest BCUT2D eigenvalue weighted by Gasteiger charge is -2.10. The number of fused-ring (bicyclic) bond motifs is 1. The summed E-state index contributed by atoms with van der Waals surface area (Å²) in [6, 6.07) is 17.0. The van der Waals surface area contributed by atoms with Gasteiger partial charge in [0.25, 0.3) is 0 Å². The van der Waals surface area contributed by atoms with Crippen molar-refractivity contribution in [3.63, 3.8) is 0 Å². The van der Waals surface area contributed by atoms with Crippen LogP contribution in [0.5, 0.6) is 0 Å². The third kappa shape index (κ3) is 3.37. The average molecular weight is 395 g/mol. The number of halogens is 1. The Kier molecular flexibility index (Phi) is 4.97. The fourth-order valence-corrected chi connectivity index (χ4v) is 4.55. The molecule has 0 aliphatic carbocycles. The number of rotatable bonds is 4. The van der Waals surface area contributed by atoms with E-state index in [1.165, 1.54) is 11.8 Å². The maximum atomic E-state index is 9.70. The lowest BCUT2D eigenvalue weighted by atomic mass is 9.80. The molecule has 0 aliphatic heterocycles. The van der Waals surface area contributed by atoms with Crippen LogP contribution in [0.3, 0.4) is 0 Å². The van der Waals surface area contributed by atoms with Gasteiger partial charge in [0, 0.05) is 32.1 Å². The van der Waals surface area contributed by atoms with E-state index in [-0.39, 0.29) is 0 Å². The van der Waals surface area contributed by atoms with Gasteiger partial charge in [0.1, 0.15) is 0 Å². The molecule has 0 saturated carbocycles. The topological polar surface area (TPSA) is 58.3 Å². The molecular formula is C20H16BClN2O2S. The Morgan fingerprint density at radius 3 is 2.63 bits per heavy atom. The molecule has 27 heavy (non-hydrogen) atoms. The fraction of sp³-hybridized carbons (Fsp3) is 0.0500. The SMILES string of the molecule is Cc1c(Sc2ccccc2B(O)O)c2ccc(Cl)cc2n1-c1cccnc1. The minimum absolute atomic E-state index is 0.484. The van der Waals surface area contributed by atoms with Gasteiger partial charge < -0.3 is 14.6 Å². The van der Waals surface area contributed by atoms with Crippen LogP contribution in [0.1, 0.15) is 5.69 Å². The maximum Gasteiger partial charge on any atom is 0.489 e. The quantitative estimate of drug-likeness (QED) is 0.517. The highest BCUT2D eigenvalue weighted by atomic mass is 35.5. The fourth-order valence-electron chi connectivity index (χ4n) is 3.20. The molecule has 0 radical (unpaired) electrons. The molecule has 4 aromatic rings. The summed E-state index contributed by atoms with van der Waals surface area (Å²) < 4.78 is 2.12. The van der Waals surface area contributed by atoms with E-state index < -0.39 is 7.12 Å². The van der Waals surface area contributed by atoms with E-state index in [1.54, 1.807) is 18.3 Å². The molecule has 0 atom stereocenters. The van der Waals surface area contributed by atoms with Crippen LogP contribution >= 0.6 is 23.4 Å². The highest BCUT2D eigenvalue weighted by Crippen LogP contribution is 2.40. The van der Waals surface area contributed by atoms with Crippen LogP contribution < -0.4 is 5.46 Å². The summed E-state index contributed by atoms with van der Waals surface area (Å²) in [6.07, 6.45) is 3.55. The second-order valence-electron chi connectivity index (χ2n) is 6.14. The zero-order valence-corrected chi connectivity index (χ0v) is 16.1. The summed E-state index contributed by atoms with van der Waals surface area (Å²) in [7, 11) is -1.52. The summed E-state index contributed by atoms with van der Waals surface area (Å²) in [5.41, 5.74) is 3.45. The van der Waals surface area contributed by atoms with Crippen molar-refractivity contribution >= 4 is 46.8 Å². The van der Waals surface area contributed by atoms with Crippen molar-refractivity contribution in [2.75, 3.05) is 0 Å². The van der Waals surface area contributed by atoms with E-state index in [1.807, 2.05) is 55.6 Å². The summed E-state index contributed by atoms with van der Waals surface area (Å²) in [5, 5.41) is 21.1. The normalized spacial score (nSPS) is 11.1. The van der Waals surface area contributed by atoms with Crippen molar-refractivity contribution in [2.24, 2.45) is 0 Å². The zero-order valence-electron chi connectivity index (χ0n) is 14.5. The maximum absolute atomic E-state index is 9.70. The van der Waals surface area contributed by atoms with Crippen molar-refractivity contribution in [2.45, 2.75) is 16.7 Å². The van der Waals surface area contributed by atoms with Crippen molar-refractivity contribution in [3.8, 4) is 5.69 Å². The number of aromatic nitrogens is 2. The molecule has 0 bridgehead atoms. The van der Waals surface area contributed by atoms with Crippen LogP contribution in [0, 0.1) is 6.92 Å². The Balaban J connectivity index is 1.94. The Morgan fingerprint density at radius 1 is 1.07 bits per heavy atom. The molecule has 2 N–H and O–H groups in total. The monoisotopic (exact) mass is 394 g/mol. The van der Waals surface area contributed by atoms with Gasteiger partial charge in [-0.25, -0.2) is 0 Å². The molecule has 0 spiro atoms. The van der Waals surface area contributed by atoms with Gasteiger partial charge in [-0.05, 0) is 42.7 Å². The van der Waals surface area contributed by atoms with Gasteiger partial charge in [-0.3, -0.25) is 4.98 Å². The third-order valence-electron chi connectivity index (χ3n) is 4.42. The lowest BCUT2D eigenvalue weighted by molar-refractivity contribution is 0.425. The van der Waals surface area contributed by atoms with Gasteiger partial charge in [-0.1, -0.05) is 47.6 Å². The molecule has 0 aliphatic rings. The highest BCUT2D eigenvalue weighted by Gasteiger charge is 2.21. The molecule has 2 heterocycles. The predicted octanol–water partition coefficient (Wildman–Crippen LogP) is 3.82. The minimum Gasteiger partial charge on any atom is -0.423 e. The summed E-state index contributed by atoms with van der Waals surface area (Å²) >= 11 is 7.78. The number of benzene rings is 2. The molecule has 7 heteroatoms. The third-order valence-corrected chi connectivity index (χ3v) is 5.97. The predicted molar refractivity (Wildman–Crippen MR) is 111 cm³/mol. The Morgan fingerprint density at radius 2 is 1.89 bits per heavy atom. The van der Waals surface area contributed by atoms with Crippen molar-refractivity contribution in [3.05, 3.63) is 77.7 Å². The first kappa shape index (κ1) is 18.1. The second kappa shape index (κ2) is 7.41. The number of pyridine rings is 1. The minimum atomic E-state index is -1.52. The van der Waals surface area contributed by atoms with Crippen LogP contribution in [0.25, 0.3) is 16.6 Å². The molecule has 0 unspecified atom stereocenters. The van der Waals surface area contributed by atoms with Crippen LogP contribution in [0.4, 0.5) is 0 Å². The second-order valence-corrected chi connectivity index (χ2v) is 7.62. The van der Waals surface area contributed by atoms with E-state index in [0.29, 0.717) is 10.5 Å². The van der Waals surface area contributed by atoms with Gasteiger partial charge in [0.05, 0.1) is 17.4 Å². The van der Waals surface area contributed by atoms with Crippen molar-refractivity contribution in [1.82, 2.24) is 9.55 Å². The van der Waals surface area contributed by atoms with E-state index in [0.717, 1.165) is 32.1 Å². The van der Waals surface area contributed by atoms with E-state index in [2.05, 4.69) is 9.55 Å². The first-order chi connectivity index (χ1) is 13.1. The van der Waals surface area contributed by atoms with Gasteiger partial charge >= 0.3 is 7.12 Å². The summed E-state index contributed by atoms with van der Waals surface area (Å²) in [4.78, 5) is 6.08. The van der Waals surface area contributed by atoms with Crippen LogP contribution in [0.15, 0.2) is 76.8 Å². The largest absolute Gasteiger partial charge is 0.489 e. The Hall–Kier alpha value is -2.25. The van der Waals surface area contributed by atoms with E-state index in [9.17, 15) is 10.0 Å². The zero-order chi connectivity index (χ0) is 19.0. The van der Waals surface area contributed by atoms with Gasteiger partial charge in [-0.2, -0.15) is 0 Å². The molecule has 4 nitrogen and oxygen atoms in total. The Bertz CT molecular complexity index is 1120. The number of nitrogens with zero attached hydrogens (tertiary/aromatic N) is 2. The molecular weight excluding hydrogens is 379 g/mol. The molecule has 0 fully saturated rings. The Labute approximate surface area is 166 Å². The van der Waals surface area contributed by atoms with E-state index in [4.69, 9.17) is 11.6 Å². The average Bonchev–Trinajstić information content (AvgIpc) is 2.93. The number of hydrogen-bond acceptors (Lipinski definition) is 4. The summed E-state index contributed by atoms with van der Waals surface area (Å²) in [5.74, 6) is 0. The van der Waals surface area contributed by atoms with Gasteiger partial charge in [-0.15, -0.1) is 0 Å². The first-order valence-corrected chi connectivity index (χ1v) is 9.59. The van der Waals surface area contributed by atoms with Crippen LogP contribution in [-0.4, -0.2) is 26.7 Å². The van der Waals surface area contributed by atoms with E-state index >= 15 is 0 Å². The molecule has 0 amide bonds. The summed E-state index contributed by atoms with van der Waals surface area (Å²) in [6.45, 7) is 2.04. The highest BCUT2D eigenvalue weighted by molar-refractivity contribution is 7.99. The molecule has 134 valence electrons. The smallest absolute Gasteiger partial charge is 0.423 e. The van der Waals surface area contributed by atoms with Crippen molar-refractivity contribution < 1.29 is 10.0 Å². The van der Waals surface area contributed by atoms with Gasteiger partial charge in [0.2, 0.25) is 0 Å². The molecule has 0 saturated heterocycles.